The van der Waals surface area contributed by atoms with Gasteiger partial charge in [-0.2, -0.15) is 0 Å². The summed E-state index contributed by atoms with van der Waals surface area (Å²) in [5.74, 6) is -0.924. The molecule has 0 saturated heterocycles. The Balaban J connectivity index is 2.78. The number of aromatic nitrogens is 3. The van der Waals surface area contributed by atoms with Crippen LogP contribution in [0.1, 0.15) is 49.8 Å². The van der Waals surface area contributed by atoms with Crippen LogP contribution in [0.4, 0.5) is 0 Å². The number of hydrogen-bond acceptors (Lipinski definition) is 4. The standard InChI is InChI=1S/C13H22N4O3/c1-4-5-6-10-12(13(19)20)15-16-17(10)8-11(18)14-7-9(2)3/h9H,4-8H2,1-3H3,(H,14,18)(H,19,20). The van der Waals surface area contributed by atoms with Crippen LogP contribution < -0.4 is 5.32 Å². The molecule has 1 aromatic rings. The van der Waals surface area contributed by atoms with Crippen molar-refractivity contribution in [3.63, 3.8) is 0 Å². The zero-order valence-corrected chi connectivity index (χ0v) is 12.2. The number of carbonyl (C=O) groups is 2. The van der Waals surface area contributed by atoms with Crippen LogP contribution >= 0.6 is 0 Å². The minimum absolute atomic E-state index is 0.00600. The zero-order valence-electron chi connectivity index (χ0n) is 12.2. The lowest BCUT2D eigenvalue weighted by Gasteiger charge is -2.09. The third kappa shape index (κ3) is 4.64. The van der Waals surface area contributed by atoms with E-state index in [9.17, 15) is 9.59 Å². The van der Waals surface area contributed by atoms with E-state index in [4.69, 9.17) is 5.11 Å². The van der Waals surface area contributed by atoms with E-state index in [2.05, 4.69) is 15.6 Å². The van der Waals surface area contributed by atoms with Gasteiger partial charge in [0, 0.05) is 6.54 Å². The third-order valence-corrected chi connectivity index (χ3v) is 2.81. The number of aromatic carboxylic acids is 1. The fourth-order valence-electron chi connectivity index (χ4n) is 1.73. The second kappa shape index (κ2) is 7.62. The fourth-order valence-corrected chi connectivity index (χ4v) is 1.73. The van der Waals surface area contributed by atoms with Crippen LogP contribution in [0.15, 0.2) is 0 Å². The summed E-state index contributed by atoms with van der Waals surface area (Å²) in [6, 6.07) is 0. The Bertz CT molecular complexity index is 468. The van der Waals surface area contributed by atoms with Crippen molar-refractivity contribution in [1.82, 2.24) is 20.3 Å². The van der Waals surface area contributed by atoms with Crippen molar-refractivity contribution in [1.29, 1.82) is 0 Å². The third-order valence-electron chi connectivity index (χ3n) is 2.81. The first-order valence-corrected chi connectivity index (χ1v) is 6.88. The van der Waals surface area contributed by atoms with E-state index in [1.54, 1.807) is 0 Å². The maximum atomic E-state index is 11.8. The Morgan fingerprint density at radius 2 is 2.10 bits per heavy atom. The first-order valence-electron chi connectivity index (χ1n) is 6.88. The smallest absolute Gasteiger partial charge is 0.358 e. The second-order valence-corrected chi connectivity index (χ2v) is 5.15. The molecule has 0 aliphatic heterocycles. The number of carboxylic acids is 1. The van der Waals surface area contributed by atoms with E-state index in [0.717, 1.165) is 12.8 Å². The first kappa shape index (κ1) is 16.1. The highest BCUT2D eigenvalue weighted by molar-refractivity contribution is 5.86. The minimum Gasteiger partial charge on any atom is -0.476 e. The van der Waals surface area contributed by atoms with Gasteiger partial charge in [-0.25, -0.2) is 9.48 Å². The summed E-state index contributed by atoms with van der Waals surface area (Å²) in [7, 11) is 0. The molecule has 1 amide bonds. The van der Waals surface area contributed by atoms with E-state index in [0.29, 0.717) is 24.6 Å². The summed E-state index contributed by atoms with van der Waals surface area (Å²) in [5.41, 5.74) is 0.453. The Labute approximate surface area is 118 Å². The predicted molar refractivity (Wildman–Crippen MR) is 73.4 cm³/mol. The minimum atomic E-state index is -1.11. The van der Waals surface area contributed by atoms with Crippen LogP contribution in [0.3, 0.4) is 0 Å². The largest absolute Gasteiger partial charge is 0.476 e. The van der Waals surface area contributed by atoms with Crippen molar-refractivity contribution < 1.29 is 14.7 Å². The van der Waals surface area contributed by atoms with Crippen LogP contribution in [0.25, 0.3) is 0 Å². The highest BCUT2D eigenvalue weighted by Crippen LogP contribution is 2.10. The number of nitrogens with zero attached hydrogens (tertiary/aromatic N) is 3. The Kier molecular flexibility index (Phi) is 6.14. The quantitative estimate of drug-likeness (QED) is 0.744. The average molecular weight is 282 g/mol. The summed E-state index contributed by atoms with van der Waals surface area (Å²) >= 11 is 0. The van der Waals surface area contributed by atoms with Gasteiger partial charge in [0.15, 0.2) is 5.69 Å². The van der Waals surface area contributed by atoms with Gasteiger partial charge in [-0.15, -0.1) is 5.10 Å². The first-order chi connectivity index (χ1) is 9.45. The molecular weight excluding hydrogens is 260 g/mol. The summed E-state index contributed by atoms with van der Waals surface area (Å²) in [6.45, 7) is 6.62. The van der Waals surface area contributed by atoms with Crippen molar-refractivity contribution in [3.05, 3.63) is 11.4 Å². The van der Waals surface area contributed by atoms with Gasteiger partial charge in [0.05, 0.1) is 5.69 Å². The normalized spacial score (nSPS) is 10.8. The molecule has 7 nitrogen and oxygen atoms in total. The SMILES string of the molecule is CCCCc1c(C(=O)O)nnn1CC(=O)NCC(C)C. The number of hydrogen-bond donors (Lipinski definition) is 2. The van der Waals surface area contributed by atoms with Crippen LogP contribution in [0, 0.1) is 5.92 Å². The molecule has 20 heavy (non-hydrogen) atoms. The zero-order chi connectivity index (χ0) is 15.1. The van der Waals surface area contributed by atoms with Crippen molar-refractivity contribution >= 4 is 11.9 Å². The molecule has 112 valence electrons. The molecule has 0 saturated carbocycles. The summed E-state index contributed by atoms with van der Waals surface area (Å²) in [5, 5.41) is 19.3. The molecule has 0 aromatic carbocycles. The second-order valence-electron chi connectivity index (χ2n) is 5.15. The molecular formula is C13H22N4O3. The molecule has 0 aliphatic carbocycles. The van der Waals surface area contributed by atoms with E-state index in [1.165, 1.54) is 4.68 Å². The van der Waals surface area contributed by atoms with Gasteiger partial charge in [0.2, 0.25) is 5.91 Å². The summed E-state index contributed by atoms with van der Waals surface area (Å²) < 4.78 is 1.38. The van der Waals surface area contributed by atoms with Crippen molar-refractivity contribution in [3.8, 4) is 0 Å². The van der Waals surface area contributed by atoms with Gasteiger partial charge in [-0.3, -0.25) is 4.79 Å². The molecule has 2 N–H and O–H groups in total. The molecule has 0 atom stereocenters. The van der Waals surface area contributed by atoms with E-state index >= 15 is 0 Å². The molecule has 0 fully saturated rings. The number of carbonyl (C=O) groups excluding carboxylic acids is 1. The number of amides is 1. The molecule has 1 rings (SSSR count). The van der Waals surface area contributed by atoms with Crippen molar-refractivity contribution in [2.75, 3.05) is 6.54 Å². The maximum Gasteiger partial charge on any atom is 0.358 e. The fraction of sp³-hybridized carbons (Fsp3) is 0.692. The molecule has 7 heteroatoms. The van der Waals surface area contributed by atoms with E-state index < -0.39 is 5.97 Å². The van der Waals surface area contributed by atoms with Gasteiger partial charge in [-0.05, 0) is 18.8 Å². The Morgan fingerprint density at radius 3 is 2.65 bits per heavy atom. The molecule has 0 unspecified atom stereocenters. The van der Waals surface area contributed by atoms with Gasteiger partial charge >= 0.3 is 5.97 Å². The Hall–Kier alpha value is -1.92. The summed E-state index contributed by atoms with van der Waals surface area (Å²) in [6.07, 6.45) is 2.33. The van der Waals surface area contributed by atoms with Crippen LogP contribution in [-0.4, -0.2) is 38.5 Å². The van der Waals surface area contributed by atoms with Crippen molar-refractivity contribution in [2.45, 2.75) is 46.6 Å². The highest BCUT2D eigenvalue weighted by atomic mass is 16.4. The van der Waals surface area contributed by atoms with Gasteiger partial charge < -0.3 is 10.4 Å². The lowest BCUT2D eigenvalue weighted by atomic mass is 10.1. The van der Waals surface area contributed by atoms with Gasteiger partial charge in [0.25, 0.3) is 0 Å². The predicted octanol–water partition coefficient (Wildman–Crippen LogP) is 1.09. The maximum absolute atomic E-state index is 11.8. The Morgan fingerprint density at radius 1 is 1.40 bits per heavy atom. The number of rotatable bonds is 8. The lowest BCUT2D eigenvalue weighted by molar-refractivity contribution is -0.122. The molecule has 0 aliphatic rings. The number of carboxylic acid groups (broad SMARTS) is 1. The molecule has 0 radical (unpaired) electrons. The molecule has 1 heterocycles. The van der Waals surface area contributed by atoms with Crippen molar-refractivity contribution in [2.24, 2.45) is 5.92 Å². The topological polar surface area (TPSA) is 97.1 Å². The van der Waals surface area contributed by atoms with Crippen LogP contribution in [0.2, 0.25) is 0 Å². The van der Waals surface area contributed by atoms with Crippen LogP contribution in [0.5, 0.6) is 0 Å². The van der Waals surface area contributed by atoms with Gasteiger partial charge in [-0.1, -0.05) is 32.4 Å². The van der Waals surface area contributed by atoms with E-state index in [1.807, 2.05) is 20.8 Å². The number of unbranched alkanes of at least 4 members (excludes halogenated alkanes) is 1. The van der Waals surface area contributed by atoms with E-state index in [-0.39, 0.29) is 18.1 Å². The molecule has 1 aromatic heterocycles. The molecule has 0 spiro atoms. The van der Waals surface area contributed by atoms with Gasteiger partial charge in [0.1, 0.15) is 6.54 Å². The summed E-state index contributed by atoms with van der Waals surface area (Å²) in [4.78, 5) is 22.9. The highest BCUT2D eigenvalue weighted by Gasteiger charge is 2.19. The van der Waals surface area contributed by atoms with Crippen LogP contribution in [-0.2, 0) is 17.8 Å². The number of nitrogens with one attached hydrogen (secondary N) is 1. The monoisotopic (exact) mass is 282 g/mol. The molecule has 0 bridgehead atoms. The average Bonchev–Trinajstić information content (AvgIpc) is 2.77. The lowest BCUT2D eigenvalue weighted by Crippen LogP contribution is -2.31.